The van der Waals surface area contributed by atoms with Crippen LogP contribution in [0.3, 0.4) is 0 Å². The minimum absolute atomic E-state index is 0.0288. The molecule has 0 bridgehead atoms. The van der Waals surface area contributed by atoms with Crippen LogP contribution in [-0.4, -0.2) is 30.7 Å². The Morgan fingerprint density at radius 3 is 2.92 bits per heavy atom. The van der Waals surface area contributed by atoms with Crippen molar-refractivity contribution in [2.45, 2.75) is 32.0 Å². The number of hydrogen-bond acceptors (Lipinski definition) is 3. The fraction of sp³-hybridized carbons (Fsp3) is 0.875. The molecule has 3 nitrogen and oxygen atoms in total. The highest BCUT2D eigenvalue weighted by molar-refractivity contribution is 6.18. The van der Waals surface area contributed by atoms with E-state index in [2.05, 4.69) is 0 Å². The number of halogens is 1. The number of rotatable bonds is 3. The lowest BCUT2D eigenvalue weighted by molar-refractivity contribution is -0.155. The second kappa shape index (κ2) is 4.67. The molecule has 0 amide bonds. The van der Waals surface area contributed by atoms with Crippen LogP contribution >= 0.6 is 11.6 Å². The highest BCUT2D eigenvalue weighted by Crippen LogP contribution is 2.21. The van der Waals surface area contributed by atoms with Crippen LogP contribution in [0.15, 0.2) is 0 Å². The summed E-state index contributed by atoms with van der Waals surface area (Å²) in [5.74, 6) is 0.195. The zero-order valence-electron chi connectivity index (χ0n) is 7.09. The first-order valence-corrected chi connectivity index (χ1v) is 4.69. The maximum atomic E-state index is 11.1. The SMILES string of the molecule is CCOC(=O)C1CCC(CCl)O1. The monoisotopic (exact) mass is 192 g/mol. The Bertz CT molecular complexity index is 160. The normalized spacial score (nSPS) is 28.8. The summed E-state index contributed by atoms with van der Waals surface area (Å²) >= 11 is 5.58. The predicted octanol–water partition coefficient (Wildman–Crippen LogP) is 1.34. The Morgan fingerprint density at radius 1 is 1.67 bits per heavy atom. The molecule has 0 aromatic rings. The van der Waals surface area contributed by atoms with Gasteiger partial charge in [-0.05, 0) is 19.8 Å². The number of alkyl halides is 1. The third kappa shape index (κ3) is 2.35. The topological polar surface area (TPSA) is 35.5 Å². The van der Waals surface area contributed by atoms with Crippen molar-refractivity contribution in [3.63, 3.8) is 0 Å². The minimum atomic E-state index is -0.381. The maximum absolute atomic E-state index is 11.1. The van der Waals surface area contributed by atoms with E-state index in [0.717, 1.165) is 12.8 Å². The van der Waals surface area contributed by atoms with E-state index in [0.29, 0.717) is 12.5 Å². The molecule has 12 heavy (non-hydrogen) atoms. The Labute approximate surface area is 77.0 Å². The molecule has 0 N–H and O–H groups in total. The maximum Gasteiger partial charge on any atom is 0.335 e. The van der Waals surface area contributed by atoms with Gasteiger partial charge < -0.3 is 9.47 Å². The molecule has 70 valence electrons. The van der Waals surface area contributed by atoms with Crippen LogP contribution in [-0.2, 0) is 14.3 Å². The summed E-state index contributed by atoms with van der Waals surface area (Å²) in [7, 11) is 0. The second-order valence-corrected chi connectivity index (χ2v) is 3.04. The standard InChI is InChI=1S/C8H13ClO3/c1-2-11-8(10)7-4-3-6(5-9)12-7/h6-7H,2-5H2,1H3. The van der Waals surface area contributed by atoms with Crippen molar-refractivity contribution < 1.29 is 14.3 Å². The average molecular weight is 193 g/mol. The molecule has 4 heteroatoms. The zero-order valence-corrected chi connectivity index (χ0v) is 7.84. The summed E-state index contributed by atoms with van der Waals surface area (Å²) in [6, 6.07) is 0. The number of carbonyl (C=O) groups is 1. The summed E-state index contributed by atoms with van der Waals surface area (Å²) in [5, 5.41) is 0. The van der Waals surface area contributed by atoms with Crippen LogP contribution in [0.5, 0.6) is 0 Å². The van der Waals surface area contributed by atoms with Crippen LogP contribution in [0.2, 0.25) is 0 Å². The fourth-order valence-electron chi connectivity index (χ4n) is 1.23. The molecule has 1 saturated heterocycles. The van der Waals surface area contributed by atoms with Gasteiger partial charge in [-0.2, -0.15) is 0 Å². The molecule has 0 radical (unpaired) electrons. The average Bonchev–Trinajstić information content (AvgIpc) is 2.52. The van der Waals surface area contributed by atoms with Crippen molar-refractivity contribution >= 4 is 17.6 Å². The molecule has 1 heterocycles. The van der Waals surface area contributed by atoms with Crippen molar-refractivity contribution in [1.29, 1.82) is 0 Å². The summed E-state index contributed by atoms with van der Waals surface area (Å²) in [5.41, 5.74) is 0. The van der Waals surface area contributed by atoms with Crippen LogP contribution in [0.4, 0.5) is 0 Å². The van der Waals surface area contributed by atoms with Gasteiger partial charge in [0.05, 0.1) is 12.7 Å². The molecular formula is C8H13ClO3. The largest absolute Gasteiger partial charge is 0.464 e. The molecule has 1 aliphatic heterocycles. The van der Waals surface area contributed by atoms with E-state index in [9.17, 15) is 4.79 Å². The van der Waals surface area contributed by atoms with E-state index >= 15 is 0 Å². The Hall–Kier alpha value is -0.280. The molecular weight excluding hydrogens is 180 g/mol. The highest BCUT2D eigenvalue weighted by Gasteiger charge is 2.30. The quantitative estimate of drug-likeness (QED) is 0.500. The van der Waals surface area contributed by atoms with Gasteiger partial charge in [0.1, 0.15) is 0 Å². The van der Waals surface area contributed by atoms with E-state index in [1.54, 1.807) is 6.92 Å². The fourth-order valence-corrected chi connectivity index (χ4v) is 1.45. The molecule has 2 unspecified atom stereocenters. The van der Waals surface area contributed by atoms with Crippen molar-refractivity contribution in [3.8, 4) is 0 Å². The van der Waals surface area contributed by atoms with E-state index in [-0.39, 0.29) is 18.2 Å². The first-order chi connectivity index (χ1) is 5.77. The number of ether oxygens (including phenoxy) is 2. The summed E-state index contributed by atoms with van der Waals surface area (Å²) in [6.07, 6.45) is 1.23. The lowest BCUT2D eigenvalue weighted by atomic mass is 10.2. The van der Waals surface area contributed by atoms with Crippen LogP contribution in [0.1, 0.15) is 19.8 Å². The molecule has 1 fully saturated rings. The first kappa shape index (κ1) is 9.81. The van der Waals surface area contributed by atoms with E-state index < -0.39 is 0 Å². The predicted molar refractivity (Wildman–Crippen MR) is 45.2 cm³/mol. The van der Waals surface area contributed by atoms with Gasteiger partial charge in [0.25, 0.3) is 0 Å². The molecule has 2 atom stereocenters. The van der Waals surface area contributed by atoms with Gasteiger partial charge in [-0.15, -0.1) is 11.6 Å². The minimum Gasteiger partial charge on any atom is -0.464 e. The van der Waals surface area contributed by atoms with E-state index in [1.807, 2.05) is 0 Å². The molecule has 0 saturated carbocycles. The van der Waals surface area contributed by atoms with E-state index in [4.69, 9.17) is 21.1 Å². The molecule has 0 aromatic carbocycles. The summed E-state index contributed by atoms with van der Waals surface area (Å²) < 4.78 is 10.1. The third-order valence-corrected chi connectivity index (χ3v) is 2.17. The van der Waals surface area contributed by atoms with Gasteiger partial charge >= 0.3 is 5.97 Å². The van der Waals surface area contributed by atoms with E-state index in [1.165, 1.54) is 0 Å². The number of hydrogen-bond donors (Lipinski definition) is 0. The Morgan fingerprint density at radius 2 is 2.42 bits per heavy atom. The van der Waals surface area contributed by atoms with Gasteiger partial charge in [-0.25, -0.2) is 4.79 Å². The van der Waals surface area contributed by atoms with Gasteiger partial charge in [-0.1, -0.05) is 0 Å². The first-order valence-electron chi connectivity index (χ1n) is 4.16. The number of carbonyl (C=O) groups excluding carboxylic acids is 1. The molecule has 0 aliphatic carbocycles. The molecule has 1 rings (SSSR count). The van der Waals surface area contributed by atoms with Crippen molar-refractivity contribution in [1.82, 2.24) is 0 Å². The zero-order chi connectivity index (χ0) is 8.97. The smallest absolute Gasteiger partial charge is 0.335 e. The van der Waals surface area contributed by atoms with Crippen LogP contribution < -0.4 is 0 Å². The van der Waals surface area contributed by atoms with Crippen molar-refractivity contribution in [3.05, 3.63) is 0 Å². The summed E-state index contributed by atoms with van der Waals surface area (Å²) in [6.45, 7) is 2.19. The van der Waals surface area contributed by atoms with Gasteiger partial charge in [0.15, 0.2) is 6.10 Å². The lowest BCUT2D eigenvalue weighted by Crippen LogP contribution is -2.24. The highest BCUT2D eigenvalue weighted by atomic mass is 35.5. The molecule has 1 aliphatic rings. The van der Waals surface area contributed by atoms with Crippen molar-refractivity contribution in [2.75, 3.05) is 12.5 Å². The summed E-state index contributed by atoms with van der Waals surface area (Å²) in [4.78, 5) is 11.1. The van der Waals surface area contributed by atoms with Crippen LogP contribution in [0.25, 0.3) is 0 Å². The van der Waals surface area contributed by atoms with Gasteiger partial charge in [0.2, 0.25) is 0 Å². The molecule has 0 spiro atoms. The molecule has 0 aromatic heterocycles. The van der Waals surface area contributed by atoms with Crippen LogP contribution in [0, 0.1) is 0 Å². The Balaban J connectivity index is 2.31. The van der Waals surface area contributed by atoms with Gasteiger partial charge in [-0.3, -0.25) is 0 Å². The van der Waals surface area contributed by atoms with Gasteiger partial charge in [0, 0.05) is 5.88 Å². The van der Waals surface area contributed by atoms with Crippen molar-refractivity contribution in [2.24, 2.45) is 0 Å². The third-order valence-electron chi connectivity index (χ3n) is 1.83. The Kier molecular flexibility index (Phi) is 3.82. The number of esters is 1. The second-order valence-electron chi connectivity index (χ2n) is 2.73. The lowest BCUT2D eigenvalue weighted by Gasteiger charge is -2.09.